The molecule has 0 radical (unpaired) electrons. The number of anilines is 1. The second kappa shape index (κ2) is 5.23. The maximum absolute atomic E-state index is 10.8. The van der Waals surface area contributed by atoms with Gasteiger partial charge in [-0.25, -0.2) is 4.79 Å². The first-order valence-corrected chi connectivity index (χ1v) is 6.81. The third-order valence-electron chi connectivity index (χ3n) is 3.93. The van der Waals surface area contributed by atoms with E-state index in [1.807, 2.05) is 0 Å². The lowest BCUT2D eigenvalue weighted by atomic mass is 9.77. The molecule has 2 heterocycles. The van der Waals surface area contributed by atoms with Crippen LogP contribution in [0.5, 0.6) is 0 Å². The zero-order valence-electron chi connectivity index (χ0n) is 11.8. The number of carbonyl (C=O) groups is 1. The summed E-state index contributed by atoms with van der Waals surface area (Å²) in [6.07, 6.45) is 4.59. The molecule has 0 amide bonds. The molecule has 0 spiro atoms. The number of hydrogen-bond donors (Lipinski definition) is 1. The molecule has 1 aromatic heterocycles. The van der Waals surface area contributed by atoms with E-state index in [9.17, 15) is 4.79 Å². The van der Waals surface area contributed by atoms with Gasteiger partial charge in [-0.3, -0.25) is 0 Å². The highest BCUT2D eigenvalue weighted by atomic mass is 16.4. The molecule has 1 N–H and O–H groups in total. The Morgan fingerprint density at radius 2 is 2.16 bits per heavy atom. The molecular weight excluding hydrogens is 244 g/mol. The maximum atomic E-state index is 10.8. The summed E-state index contributed by atoms with van der Waals surface area (Å²) >= 11 is 0. The van der Waals surface area contributed by atoms with E-state index in [-0.39, 0.29) is 5.69 Å². The van der Waals surface area contributed by atoms with Gasteiger partial charge in [-0.15, -0.1) is 0 Å². The van der Waals surface area contributed by atoms with E-state index >= 15 is 0 Å². The third kappa shape index (κ3) is 3.28. The highest BCUT2D eigenvalue weighted by Gasteiger charge is 2.28. The minimum Gasteiger partial charge on any atom is -0.476 e. The van der Waals surface area contributed by atoms with Crippen molar-refractivity contribution in [2.75, 3.05) is 18.0 Å². The van der Waals surface area contributed by atoms with Crippen LogP contribution in [0.1, 0.15) is 50.5 Å². The van der Waals surface area contributed by atoms with Gasteiger partial charge in [0, 0.05) is 13.1 Å². The van der Waals surface area contributed by atoms with E-state index < -0.39 is 5.97 Å². The van der Waals surface area contributed by atoms with Gasteiger partial charge in [0.25, 0.3) is 6.01 Å². The van der Waals surface area contributed by atoms with Gasteiger partial charge in [-0.1, -0.05) is 20.8 Å². The third-order valence-corrected chi connectivity index (χ3v) is 3.93. The summed E-state index contributed by atoms with van der Waals surface area (Å²) in [7, 11) is 0. The number of carboxylic acid groups (broad SMARTS) is 1. The topological polar surface area (TPSA) is 66.6 Å². The molecule has 5 heteroatoms. The lowest BCUT2D eigenvalue weighted by molar-refractivity contribution is 0.0690. The van der Waals surface area contributed by atoms with Gasteiger partial charge in [0.2, 0.25) is 0 Å². The average molecular weight is 266 g/mol. The van der Waals surface area contributed by atoms with Crippen LogP contribution in [-0.4, -0.2) is 29.1 Å². The smallest absolute Gasteiger partial charge is 0.357 e. The fourth-order valence-electron chi connectivity index (χ4n) is 2.66. The SMILES string of the molecule is CC(C)(C)C1CCCN(c2nc(C(=O)O)co2)CC1. The monoisotopic (exact) mass is 266 g/mol. The van der Waals surface area contributed by atoms with Crippen LogP contribution < -0.4 is 4.90 Å². The Morgan fingerprint density at radius 3 is 2.74 bits per heavy atom. The fourth-order valence-corrected chi connectivity index (χ4v) is 2.66. The van der Waals surface area contributed by atoms with Crippen LogP contribution in [-0.2, 0) is 0 Å². The van der Waals surface area contributed by atoms with E-state index in [4.69, 9.17) is 9.52 Å². The van der Waals surface area contributed by atoms with Crippen LogP contribution in [0.4, 0.5) is 6.01 Å². The van der Waals surface area contributed by atoms with Crippen LogP contribution >= 0.6 is 0 Å². The molecule has 1 atom stereocenters. The second-order valence-corrected chi connectivity index (χ2v) is 6.30. The predicted octanol–water partition coefficient (Wildman–Crippen LogP) is 3.03. The molecular formula is C14H22N2O3. The summed E-state index contributed by atoms with van der Waals surface area (Å²) in [6, 6.07) is 0.437. The number of oxazole rings is 1. The summed E-state index contributed by atoms with van der Waals surface area (Å²) < 4.78 is 5.28. The van der Waals surface area contributed by atoms with Crippen LogP contribution in [0.2, 0.25) is 0 Å². The highest BCUT2D eigenvalue weighted by Crippen LogP contribution is 2.35. The van der Waals surface area contributed by atoms with Gasteiger partial charge in [0.15, 0.2) is 5.69 Å². The Labute approximate surface area is 113 Å². The van der Waals surface area contributed by atoms with Gasteiger partial charge in [0.1, 0.15) is 6.26 Å². The number of rotatable bonds is 2. The van der Waals surface area contributed by atoms with E-state index in [2.05, 4.69) is 30.7 Å². The van der Waals surface area contributed by atoms with Gasteiger partial charge < -0.3 is 14.4 Å². The fraction of sp³-hybridized carbons (Fsp3) is 0.714. The molecule has 0 saturated carbocycles. The molecule has 0 aliphatic carbocycles. The number of aromatic nitrogens is 1. The molecule has 106 valence electrons. The average Bonchev–Trinajstić information content (AvgIpc) is 2.66. The molecule has 0 aromatic carbocycles. The van der Waals surface area contributed by atoms with Crippen molar-refractivity contribution in [2.24, 2.45) is 11.3 Å². The van der Waals surface area contributed by atoms with Crippen molar-refractivity contribution in [3.8, 4) is 0 Å². The molecule has 1 unspecified atom stereocenters. The summed E-state index contributed by atoms with van der Waals surface area (Å²) in [6.45, 7) is 8.59. The van der Waals surface area contributed by atoms with Crippen LogP contribution in [0.3, 0.4) is 0 Å². The van der Waals surface area contributed by atoms with Crippen molar-refractivity contribution in [1.82, 2.24) is 4.98 Å². The Kier molecular flexibility index (Phi) is 3.83. The van der Waals surface area contributed by atoms with Crippen LogP contribution in [0.25, 0.3) is 0 Å². The van der Waals surface area contributed by atoms with E-state index in [0.717, 1.165) is 25.9 Å². The lowest BCUT2D eigenvalue weighted by Gasteiger charge is -2.29. The zero-order chi connectivity index (χ0) is 14.0. The van der Waals surface area contributed by atoms with Crippen molar-refractivity contribution in [1.29, 1.82) is 0 Å². The molecule has 2 rings (SSSR count). The number of nitrogens with zero attached hydrogens (tertiary/aromatic N) is 2. The second-order valence-electron chi connectivity index (χ2n) is 6.30. The minimum atomic E-state index is -1.04. The van der Waals surface area contributed by atoms with Gasteiger partial charge in [0.05, 0.1) is 0 Å². The summed E-state index contributed by atoms with van der Waals surface area (Å²) in [4.78, 5) is 16.9. The molecule has 5 nitrogen and oxygen atoms in total. The number of aromatic carboxylic acids is 1. The van der Waals surface area contributed by atoms with Gasteiger partial charge in [-0.05, 0) is 30.6 Å². The Hall–Kier alpha value is -1.52. The summed E-state index contributed by atoms with van der Waals surface area (Å²) in [5, 5.41) is 8.86. The predicted molar refractivity (Wildman–Crippen MR) is 72.5 cm³/mol. The quantitative estimate of drug-likeness (QED) is 0.891. The molecule has 1 fully saturated rings. The van der Waals surface area contributed by atoms with Crippen LogP contribution in [0.15, 0.2) is 10.7 Å². The normalized spacial score (nSPS) is 21.2. The molecule has 19 heavy (non-hydrogen) atoms. The van der Waals surface area contributed by atoms with Gasteiger partial charge >= 0.3 is 5.97 Å². The highest BCUT2D eigenvalue weighted by molar-refractivity contribution is 5.85. The lowest BCUT2D eigenvalue weighted by Crippen LogP contribution is -2.26. The maximum Gasteiger partial charge on any atom is 0.357 e. The first-order chi connectivity index (χ1) is 8.88. The van der Waals surface area contributed by atoms with Crippen LogP contribution in [0, 0.1) is 11.3 Å². The first-order valence-electron chi connectivity index (χ1n) is 6.81. The van der Waals surface area contributed by atoms with E-state index in [0.29, 0.717) is 17.3 Å². The molecule has 1 aromatic rings. The standard InChI is InChI=1S/C14H22N2O3/c1-14(2,3)10-5-4-7-16(8-6-10)13-15-11(9-19-13)12(17)18/h9-10H,4-8H2,1-3H3,(H,17,18). The molecule has 1 aliphatic rings. The molecule has 0 bridgehead atoms. The van der Waals surface area contributed by atoms with Crippen molar-refractivity contribution in [2.45, 2.75) is 40.0 Å². The largest absolute Gasteiger partial charge is 0.476 e. The van der Waals surface area contributed by atoms with Crippen molar-refractivity contribution in [3.63, 3.8) is 0 Å². The number of carboxylic acids is 1. The summed E-state index contributed by atoms with van der Waals surface area (Å²) in [5.74, 6) is -0.358. The van der Waals surface area contributed by atoms with E-state index in [1.54, 1.807) is 0 Å². The summed E-state index contributed by atoms with van der Waals surface area (Å²) in [5.41, 5.74) is 0.297. The molecule has 1 aliphatic heterocycles. The number of hydrogen-bond acceptors (Lipinski definition) is 4. The minimum absolute atomic E-state index is 0.0216. The van der Waals surface area contributed by atoms with Crippen molar-refractivity contribution in [3.05, 3.63) is 12.0 Å². The Bertz CT molecular complexity index is 448. The van der Waals surface area contributed by atoms with Crippen molar-refractivity contribution < 1.29 is 14.3 Å². The zero-order valence-corrected chi connectivity index (χ0v) is 11.8. The van der Waals surface area contributed by atoms with E-state index in [1.165, 1.54) is 12.7 Å². The first kappa shape index (κ1) is 13.9. The Balaban J connectivity index is 2.04. The molecule has 1 saturated heterocycles. The van der Waals surface area contributed by atoms with Gasteiger partial charge in [-0.2, -0.15) is 4.98 Å². The van der Waals surface area contributed by atoms with Crippen molar-refractivity contribution >= 4 is 12.0 Å². The Morgan fingerprint density at radius 1 is 1.42 bits per heavy atom.